The molecule has 19 heavy (non-hydrogen) atoms. The summed E-state index contributed by atoms with van der Waals surface area (Å²) in [6.07, 6.45) is 1.48. The zero-order chi connectivity index (χ0) is 15.1. The topological polar surface area (TPSA) is 29.1 Å². The fourth-order valence-electron chi connectivity index (χ4n) is 1.85. The molecular formula is C17H29NO. The third kappa shape index (κ3) is 5.06. The summed E-state index contributed by atoms with van der Waals surface area (Å²) in [7, 11) is 0. The van der Waals surface area contributed by atoms with Crippen LogP contribution >= 0.6 is 0 Å². The molecule has 1 heterocycles. The first-order valence-electron chi connectivity index (χ1n) is 7.40. The van der Waals surface area contributed by atoms with Gasteiger partial charge in [-0.2, -0.15) is 0 Å². The molecule has 0 unspecified atom stereocenters. The van der Waals surface area contributed by atoms with Gasteiger partial charge in [0.05, 0.1) is 0 Å². The summed E-state index contributed by atoms with van der Waals surface area (Å²) in [5, 5.41) is 2.90. The maximum atomic E-state index is 11.2. The lowest BCUT2D eigenvalue weighted by Gasteiger charge is -2.23. The van der Waals surface area contributed by atoms with Gasteiger partial charge in [-0.3, -0.25) is 4.79 Å². The SMILES string of the molecule is CC.CC.CC(C)(C)c1ccc2c(c1)CCC(=O)N2. The highest BCUT2D eigenvalue weighted by Gasteiger charge is 2.19. The molecule has 0 atom stereocenters. The van der Waals surface area contributed by atoms with E-state index in [9.17, 15) is 4.79 Å². The molecule has 0 saturated carbocycles. The quantitative estimate of drug-likeness (QED) is 0.707. The third-order valence-corrected chi connectivity index (χ3v) is 2.87. The van der Waals surface area contributed by atoms with Crippen LogP contribution in [0.15, 0.2) is 18.2 Å². The number of benzene rings is 1. The minimum absolute atomic E-state index is 0.131. The Kier molecular flexibility index (Phi) is 7.43. The first-order chi connectivity index (χ1) is 8.97. The van der Waals surface area contributed by atoms with E-state index in [0.717, 1.165) is 12.1 Å². The van der Waals surface area contributed by atoms with E-state index in [4.69, 9.17) is 0 Å². The normalized spacial score (nSPS) is 13.1. The first-order valence-corrected chi connectivity index (χ1v) is 7.40. The van der Waals surface area contributed by atoms with Gasteiger partial charge in [0.2, 0.25) is 5.91 Å². The number of hydrogen-bond donors (Lipinski definition) is 1. The standard InChI is InChI=1S/C13H17NO.2C2H6/c1-13(2,3)10-5-6-11-9(8-10)4-7-12(15)14-11;2*1-2/h5-6,8H,4,7H2,1-3H3,(H,14,15);2*1-2H3. The minimum Gasteiger partial charge on any atom is -0.326 e. The highest BCUT2D eigenvalue weighted by Crippen LogP contribution is 2.29. The number of anilines is 1. The van der Waals surface area contributed by atoms with Crippen LogP contribution in [0, 0.1) is 0 Å². The molecule has 0 aliphatic carbocycles. The number of carbonyl (C=O) groups is 1. The number of amides is 1. The van der Waals surface area contributed by atoms with Gasteiger partial charge < -0.3 is 5.32 Å². The van der Waals surface area contributed by atoms with Gasteiger partial charge in [-0.1, -0.05) is 60.6 Å². The average Bonchev–Trinajstić information content (AvgIpc) is 2.41. The zero-order valence-electron chi connectivity index (χ0n) is 13.6. The molecule has 2 heteroatoms. The highest BCUT2D eigenvalue weighted by atomic mass is 16.1. The molecule has 0 fully saturated rings. The lowest BCUT2D eigenvalue weighted by atomic mass is 9.85. The Balaban J connectivity index is 0.000000741. The maximum Gasteiger partial charge on any atom is 0.224 e. The second kappa shape index (κ2) is 7.98. The molecule has 0 saturated heterocycles. The van der Waals surface area contributed by atoms with Crippen molar-refractivity contribution in [2.75, 3.05) is 5.32 Å². The number of aryl methyl sites for hydroxylation is 1. The van der Waals surface area contributed by atoms with E-state index in [0.29, 0.717) is 6.42 Å². The molecule has 108 valence electrons. The molecule has 1 aliphatic heterocycles. The molecule has 1 aromatic carbocycles. The van der Waals surface area contributed by atoms with E-state index < -0.39 is 0 Å². The van der Waals surface area contributed by atoms with E-state index in [2.05, 4.69) is 38.2 Å². The Bertz CT molecular complexity index is 402. The van der Waals surface area contributed by atoms with E-state index in [1.165, 1.54) is 11.1 Å². The van der Waals surface area contributed by atoms with Gasteiger partial charge in [0.25, 0.3) is 0 Å². The van der Waals surface area contributed by atoms with E-state index >= 15 is 0 Å². The lowest BCUT2D eigenvalue weighted by molar-refractivity contribution is -0.116. The molecule has 2 nitrogen and oxygen atoms in total. The van der Waals surface area contributed by atoms with Gasteiger partial charge in [0.15, 0.2) is 0 Å². The first kappa shape index (κ1) is 17.7. The van der Waals surface area contributed by atoms with Gasteiger partial charge in [-0.15, -0.1) is 0 Å². The molecule has 1 N–H and O–H groups in total. The Labute approximate surface area is 118 Å². The third-order valence-electron chi connectivity index (χ3n) is 2.87. The van der Waals surface area contributed by atoms with Crippen molar-refractivity contribution in [2.24, 2.45) is 0 Å². The predicted octanol–water partition coefficient (Wildman–Crippen LogP) is 4.92. The number of rotatable bonds is 0. The number of nitrogens with one attached hydrogen (secondary N) is 1. The molecule has 0 spiro atoms. The second-order valence-corrected chi connectivity index (χ2v) is 5.17. The summed E-state index contributed by atoms with van der Waals surface area (Å²) >= 11 is 0. The maximum absolute atomic E-state index is 11.2. The zero-order valence-corrected chi connectivity index (χ0v) is 13.6. The summed E-state index contributed by atoms with van der Waals surface area (Å²) in [6.45, 7) is 14.6. The van der Waals surface area contributed by atoms with Crippen LogP contribution in [0.1, 0.15) is 66.0 Å². The van der Waals surface area contributed by atoms with Crippen LogP contribution in [0.25, 0.3) is 0 Å². The molecule has 2 rings (SSSR count). The van der Waals surface area contributed by atoms with Gasteiger partial charge in [-0.25, -0.2) is 0 Å². The number of fused-ring (bicyclic) bond motifs is 1. The van der Waals surface area contributed by atoms with Crippen molar-refractivity contribution in [1.82, 2.24) is 0 Å². The summed E-state index contributed by atoms with van der Waals surface area (Å²) in [6, 6.07) is 6.34. The lowest BCUT2D eigenvalue weighted by Crippen LogP contribution is -2.20. The summed E-state index contributed by atoms with van der Waals surface area (Å²) in [5.41, 5.74) is 3.76. The smallest absolute Gasteiger partial charge is 0.224 e. The largest absolute Gasteiger partial charge is 0.326 e. The van der Waals surface area contributed by atoms with Gasteiger partial charge >= 0.3 is 0 Å². The van der Waals surface area contributed by atoms with Crippen LogP contribution in [0.2, 0.25) is 0 Å². The summed E-state index contributed by atoms with van der Waals surface area (Å²) in [5.74, 6) is 0.131. The monoisotopic (exact) mass is 263 g/mol. The van der Waals surface area contributed by atoms with Gasteiger partial charge in [-0.05, 0) is 29.0 Å². The van der Waals surface area contributed by atoms with Crippen molar-refractivity contribution in [3.05, 3.63) is 29.3 Å². The van der Waals surface area contributed by atoms with Crippen molar-refractivity contribution in [2.45, 2.75) is 66.7 Å². The Hall–Kier alpha value is -1.31. The van der Waals surface area contributed by atoms with Crippen LogP contribution in [0.5, 0.6) is 0 Å². The fraction of sp³-hybridized carbons (Fsp3) is 0.588. The molecule has 0 aromatic heterocycles. The molecule has 1 aliphatic rings. The van der Waals surface area contributed by atoms with Gasteiger partial charge in [0, 0.05) is 12.1 Å². The Morgan fingerprint density at radius 2 is 1.58 bits per heavy atom. The highest BCUT2D eigenvalue weighted by molar-refractivity contribution is 5.93. The Morgan fingerprint density at radius 3 is 2.11 bits per heavy atom. The fourth-order valence-corrected chi connectivity index (χ4v) is 1.85. The van der Waals surface area contributed by atoms with Crippen LogP contribution in [-0.4, -0.2) is 5.91 Å². The van der Waals surface area contributed by atoms with Crippen LogP contribution in [0.3, 0.4) is 0 Å². The van der Waals surface area contributed by atoms with Crippen molar-refractivity contribution in [3.8, 4) is 0 Å². The average molecular weight is 263 g/mol. The van der Waals surface area contributed by atoms with Crippen LogP contribution in [0.4, 0.5) is 5.69 Å². The van der Waals surface area contributed by atoms with Crippen molar-refractivity contribution < 1.29 is 4.79 Å². The minimum atomic E-state index is 0.131. The van der Waals surface area contributed by atoms with Crippen molar-refractivity contribution in [1.29, 1.82) is 0 Å². The summed E-state index contributed by atoms with van der Waals surface area (Å²) < 4.78 is 0. The van der Waals surface area contributed by atoms with Gasteiger partial charge in [0.1, 0.15) is 0 Å². The van der Waals surface area contributed by atoms with Crippen LogP contribution < -0.4 is 5.32 Å². The molecule has 0 bridgehead atoms. The molecule has 0 radical (unpaired) electrons. The van der Waals surface area contributed by atoms with E-state index in [1.807, 2.05) is 33.8 Å². The predicted molar refractivity (Wildman–Crippen MR) is 84.8 cm³/mol. The molecule has 1 amide bonds. The number of hydrogen-bond acceptors (Lipinski definition) is 1. The van der Waals surface area contributed by atoms with Crippen LogP contribution in [-0.2, 0) is 16.6 Å². The van der Waals surface area contributed by atoms with E-state index in [1.54, 1.807) is 0 Å². The number of carbonyl (C=O) groups excluding carboxylic acids is 1. The van der Waals surface area contributed by atoms with Crippen molar-refractivity contribution >= 4 is 11.6 Å². The molecular weight excluding hydrogens is 234 g/mol. The second-order valence-electron chi connectivity index (χ2n) is 5.17. The van der Waals surface area contributed by atoms with E-state index in [-0.39, 0.29) is 11.3 Å². The Morgan fingerprint density at radius 1 is 1.00 bits per heavy atom. The summed E-state index contributed by atoms with van der Waals surface area (Å²) in [4.78, 5) is 11.2. The molecule has 1 aromatic rings. The van der Waals surface area contributed by atoms with Crippen molar-refractivity contribution in [3.63, 3.8) is 0 Å².